The zero-order chi connectivity index (χ0) is 18.9. The first kappa shape index (κ1) is 19.6. The van der Waals surface area contributed by atoms with Crippen LogP contribution < -0.4 is 5.43 Å². The van der Waals surface area contributed by atoms with Crippen LogP contribution >= 0.6 is 34.7 Å². The summed E-state index contributed by atoms with van der Waals surface area (Å²) in [5, 5.41) is 7.80. The molecular formula is C20H18ClN3OS2. The molecule has 1 N–H and O–H groups in total. The number of carbonyl (C=O) groups excluding carboxylic acids is 1. The van der Waals surface area contributed by atoms with Gasteiger partial charge in [0.1, 0.15) is 0 Å². The molecule has 1 heterocycles. The molecule has 7 heteroatoms. The third-order valence-corrected chi connectivity index (χ3v) is 5.71. The Morgan fingerprint density at radius 2 is 1.96 bits per heavy atom. The summed E-state index contributed by atoms with van der Waals surface area (Å²) in [5.41, 5.74) is 5.52. The summed E-state index contributed by atoms with van der Waals surface area (Å²) in [4.78, 5) is 16.4. The molecule has 1 aromatic heterocycles. The molecule has 2 aromatic carbocycles. The number of thiazole rings is 1. The fourth-order valence-electron chi connectivity index (χ4n) is 2.25. The lowest BCUT2D eigenvalue weighted by Gasteiger charge is -2.00. The maximum absolute atomic E-state index is 11.8. The van der Waals surface area contributed by atoms with Gasteiger partial charge in [-0.05, 0) is 17.7 Å². The van der Waals surface area contributed by atoms with Gasteiger partial charge in [-0.25, -0.2) is 10.4 Å². The average Bonchev–Trinajstić information content (AvgIpc) is 3.16. The first-order chi connectivity index (χ1) is 13.2. The Hall–Kier alpha value is -2.15. The minimum atomic E-state index is -0.104. The van der Waals surface area contributed by atoms with E-state index in [1.165, 1.54) is 0 Å². The number of nitrogens with zero attached hydrogens (tertiary/aromatic N) is 2. The molecule has 138 valence electrons. The van der Waals surface area contributed by atoms with Crippen molar-refractivity contribution in [1.82, 2.24) is 10.4 Å². The average molecular weight is 416 g/mol. The van der Waals surface area contributed by atoms with Crippen LogP contribution in [0.25, 0.3) is 11.3 Å². The minimum absolute atomic E-state index is 0.104. The number of hydrogen-bond donors (Lipinski definition) is 1. The molecule has 0 saturated carbocycles. The highest BCUT2D eigenvalue weighted by molar-refractivity contribution is 7.99. The lowest BCUT2D eigenvalue weighted by atomic mass is 10.2. The van der Waals surface area contributed by atoms with E-state index >= 15 is 0 Å². The van der Waals surface area contributed by atoms with Gasteiger partial charge in [0, 0.05) is 28.1 Å². The number of amides is 1. The molecule has 0 aliphatic carbocycles. The first-order valence-corrected chi connectivity index (χ1v) is 10.8. The molecule has 0 atom stereocenters. The van der Waals surface area contributed by atoms with Crippen LogP contribution in [0.3, 0.4) is 0 Å². The van der Waals surface area contributed by atoms with Gasteiger partial charge in [-0.3, -0.25) is 4.79 Å². The van der Waals surface area contributed by atoms with Gasteiger partial charge in [0.2, 0.25) is 5.91 Å². The van der Waals surface area contributed by atoms with Crippen molar-refractivity contribution in [3.05, 3.63) is 75.6 Å². The largest absolute Gasteiger partial charge is 0.272 e. The maximum Gasteiger partial charge on any atom is 0.250 e. The minimum Gasteiger partial charge on any atom is -0.272 e. The fourth-order valence-corrected chi connectivity index (χ4v) is 4.05. The molecule has 3 rings (SSSR count). The lowest BCUT2D eigenvalue weighted by molar-refractivity contribution is -0.118. The van der Waals surface area contributed by atoms with Crippen LogP contribution in [0.2, 0.25) is 5.02 Å². The Labute approximate surface area is 171 Å². The summed E-state index contributed by atoms with van der Waals surface area (Å²) in [7, 11) is 0. The standard InChI is InChI=1S/C20H18ClN3OS2/c21-17-8-6-16(7-9-17)18-13-27-20(23-18)10-11-26-14-19(25)24-22-12-15-4-2-1-3-5-15/h1-9,12-13H,10-11,14H2,(H,24,25)/b22-12-. The highest BCUT2D eigenvalue weighted by atomic mass is 35.5. The van der Waals surface area contributed by atoms with E-state index in [0.29, 0.717) is 5.75 Å². The van der Waals surface area contributed by atoms with Gasteiger partial charge in [0.05, 0.1) is 22.7 Å². The summed E-state index contributed by atoms with van der Waals surface area (Å²) in [6.07, 6.45) is 2.47. The molecule has 1 amide bonds. The normalized spacial score (nSPS) is 11.0. The molecule has 0 unspecified atom stereocenters. The van der Waals surface area contributed by atoms with Crippen LogP contribution in [0, 0.1) is 0 Å². The van der Waals surface area contributed by atoms with Gasteiger partial charge >= 0.3 is 0 Å². The summed E-state index contributed by atoms with van der Waals surface area (Å²) < 4.78 is 0. The second-order valence-corrected chi connectivity index (χ2v) is 8.12. The van der Waals surface area contributed by atoms with Crippen molar-refractivity contribution in [3.8, 4) is 11.3 Å². The van der Waals surface area contributed by atoms with Crippen LogP contribution in [0.1, 0.15) is 10.6 Å². The van der Waals surface area contributed by atoms with Crippen LogP contribution in [0.15, 0.2) is 65.1 Å². The van der Waals surface area contributed by atoms with E-state index in [1.807, 2.05) is 60.0 Å². The first-order valence-electron chi connectivity index (χ1n) is 8.36. The number of aromatic nitrogens is 1. The van der Waals surface area contributed by atoms with Gasteiger partial charge < -0.3 is 0 Å². The number of benzene rings is 2. The molecule has 0 saturated heterocycles. The van der Waals surface area contributed by atoms with Crippen molar-refractivity contribution in [2.75, 3.05) is 11.5 Å². The van der Waals surface area contributed by atoms with E-state index in [2.05, 4.69) is 15.5 Å². The maximum atomic E-state index is 11.8. The Morgan fingerprint density at radius 3 is 2.74 bits per heavy atom. The lowest BCUT2D eigenvalue weighted by Crippen LogP contribution is -2.20. The predicted octanol–water partition coefficient (Wildman–Crippen LogP) is 4.89. The molecule has 0 bridgehead atoms. The third-order valence-electron chi connectivity index (χ3n) is 3.59. The highest BCUT2D eigenvalue weighted by Crippen LogP contribution is 2.24. The van der Waals surface area contributed by atoms with E-state index in [0.717, 1.165) is 39.0 Å². The molecule has 3 aromatic rings. The van der Waals surface area contributed by atoms with Crippen molar-refractivity contribution in [1.29, 1.82) is 0 Å². The van der Waals surface area contributed by atoms with Crippen molar-refractivity contribution in [3.63, 3.8) is 0 Å². The van der Waals surface area contributed by atoms with Crippen LogP contribution in [0.4, 0.5) is 0 Å². The summed E-state index contributed by atoms with van der Waals surface area (Å²) in [6.45, 7) is 0. The van der Waals surface area contributed by atoms with Gasteiger partial charge in [-0.1, -0.05) is 54.1 Å². The topological polar surface area (TPSA) is 54.4 Å². The fraction of sp³-hybridized carbons (Fsp3) is 0.150. The predicted molar refractivity (Wildman–Crippen MR) is 116 cm³/mol. The van der Waals surface area contributed by atoms with E-state index in [9.17, 15) is 4.79 Å². The number of halogens is 1. The van der Waals surface area contributed by atoms with Crippen molar-refractivity contribution in [2.45, 2.75) is 6.42 Å². The van der Waals surface area contributed by atoms with Crippen LogP contribution in [-0.4, -0.2) is 28.6 Å². The van der Waals surface area contributed by atoms with E-state index in [1.54, 1.807) is 29.3 Å². The highest BCUT2D eigenvalue weighted by Gasteiger charge is 2.06. The van der Waals surface area contributed by atoms with E-state index in [4.69, 9.17) is 11.6 Å². The number of hydrazone groups is 1. The quantitative estimate of drug-likeness (QED) is 0.323. The Balaban J connectivity index is 1.37. The number of nitrogens with one attached hydrogen (secondary N) is 1. The Bertz CT molecular complexity index is 895. The zero-order valence-electron chi connectivity index (χ0n) is 14.5. The number of hydrogen-bond acceptors (Lipinski definition) is 5. The van der Waals surface area contributed by atoms with Gasteiger partial charge in [0.15, 0.2) is 0 Å². The Kier molecular flexibility index (Phi) is 7.45. The smallest absolute Gasteiger partial charge is 0.250 e. The van der Waals surface area contributed by atoms with Gasteiger partial charge in [-0.2, -0.15) is 16.9 Å². The summed E-state index contributed by atoms with van der Waals surface area (Å²) in [5.74, 6) is 1.11. The summed E-state index contributed by atoms with van der Waals surface area (Å²) in [6, 6.07) is 17.3. The Morgan fingerprint density at radius 1 is 1.19 bits per heavy atom. The third kappa shape index (κ3) is 6.50. The number of thioether (sulfide) groups is 1. The molecule has 0 fully saturated rings. The van der Waals surface area contributed by atoms with E-state index < -0.39 is 0 Å². The van der Waals surface area contributed by atoms with Gasteiger partial charge in [-0.15, -0.1) is 11.3 Å². The van der Waals surface area contributed by atoms with Crippen LogP contribution in [0.5, 0.6) is 0 Å². The monoisotopic (exact) mass is 415 g/mol. The van der Waals surface area contributed by atoms with Gasteiger partial charge in [0.25, 0.3) is 0 Å². The molecule has 0 aliphatic rings. The molecule has 0 radical (unpaired) electrons. The number of rotatable bonds is 8. The molecule has 4 nitrogen and oxygen atoms in total. The molecule has 27 heavy (non-hydrogen) atoms. The zero-order valence-corrected chi connectivity index (χ0v) is 16.9. The van der Waals surface area contributed by atoms with Crippen molar-refractivity contribution >= 4 is 46.8 Å². The molecular weight excluding hydrogens is 398 g/mol. The molecule has 0 aliphatic heterocycles. The number of carbonyl (C=O) groups is 1. The SMILES string of the molecule is O=C(CSCCc1nc(-c2ccc(Cl)cc2)cs1)N/N=C\c1ccccc1. The van der Waals surface area contributed by atoms with E-state index in [-0.39, 0.29) is 5.91 Å². The number of aryl methyl sites for hydroxylation is 1. The summed E-state index contributed by atoms with van der Waals surface area (Å²) >= 11 is 9.13. The molecule has 0 spiro atoms. The van der Waals surface area contributed by atoms with Crippen LogP contribution in [-0.2, 0) is 11.2 Å². The van der Waals surface area contributed by atoms with Crippen molar-refractivity contribution < 1.29 is 4.79 Å². The van der Waals surface area contributed by atoms with Crippen molar-refractivity contribution in [2.24, 2.45) is 5.10 Å². The second-order valence-electron chi connectivity index (χ2n) is 5.64. The second kappa shape index (κ2) is 10.3.